The molecule has 1 saturated heterocycles. The van der Waals surface area contributed by atoms with Gasteiger partial charge < -0.3 is 26.5 Å². The molecule has 0 unspecified atom stereocenters. The fourth-order valence-electron chi connectivity index (χ4n) is 2.79. The SMILES string of the molecule is Cc1cc[n+](CCCC2(c3ccc(F)cc3)OCCO2)cc1.[Br-]. The predicted octanol–water partition coefficient (Wildman–Crippen LogP) is 0.106. The van der Waals surface area contributed by atoms with Crippen LogP contribution in [0.2, 0.25) is 0 Å². The lowest BCUT2D eigenvalue weighted by Gasteiger charge is -2.27. The fraction of sp³-hybridized carbons (Fsp3) is 0.389. The molecule has 3 rings (SSSR count). The zero-order valence-corrected chi connectivity index (χ0v) is 14.8. The van der Waals surface area contributed by atoms with E-state index in [1.54, 1.807) is 12.1 Å². The number of hydrogen-bond acceptors (Lipinski definition) is 2. The van der Waals surface area contributed by atoms with E-state index in [-0.39, 0.29) is 22.8 Å². The monoisotopic (exact) mass is 381 g/mol. The number of ether oxygens (including phenoxy) is 2. The molecule has 0 N–H and O–H groups in total. The molecule has 1 aliphatic rings. The Balaban J connectivity index is 0.00000192. The standard InChI is InChI=1S/C18H21FNO2.BrH/c1-15-7-11-20(12-8-15)10-2-9-18(21-13-14-22-18)16-3-5-17(19)6-4-16;/h3-8,11-12H,2,9-10,13-14H2,1H3;1H/q+1;/p-1. The van der Waals surface area contributed by atoms with Crippen LogP contribution < -0.4 is 21.5 Å². The first kappa shape index (κ1) is 18.0. The van der Waals surface area contributed by atoms with E-state index in [1.807, 2.05) is 0 Å². The van der Waals surface area contributed by atoms with Crippen LogP contribution >= 0.6 is 0 Å². The van der Waals surface area contributed by atoms with E-state index < -0.39 is 5.79 Å². The number of aryl methyl sites for hydroxylation is 2. The number of benzene rings is 1. The second-order valence-electron chi connectivity index (χ2n) is 5.67. The van der Waals surface area contributed by atoms with Crippen LogP contribution in [-0.2, 0) is 21.8 Å². The van der Waals surface area contributed by atoms with Crippen LogP contribution in [0.15, 0.2) is 48.8 Å². The van der Waals surface area contributed by atoms with E-state index in [4.69, 9.17) is 9.47 Å². The topological polar surface area (TPSA) is 22.3 Å². The highest BCUT2D eigenvalue weighted by atomic mass is 79.9. The van der Waals surface area contributed by atoms with E-state index in [0.29, 0.717) is 13.2 Å². The van der Waals surface area contributed by atoms with Crippen molar-refractivity contribution in [1.82, 2.24) is 0 Å². The molecule has 5 heteroatoms. The summed E-state index contributed by atoms with van der Waals surface area (Å²) in [6, 6.07) is 10.6. The molecule has 1 fully saturated rings. The smallest absolute Gasteiger partial charge is 0.195 e. The number of nitrogens with zero attached hydrogens (tertiary/aromatic N) is 1. The molecule has 0 atom stereocenters. The summed E-state index contributed by atoms with van der Waals surface area (Å²) < 4.78 is 27.0. The predicted molar refractivity (Wildman–Crippen MR) is 80.6 cm³/mol. The summed E-state index contributed by atoms with van der Waals surface area (Å²) >= 11 is 0. The van der Waals surface area contributed by atoms with Gasteiger partial charge in [0.15, 0.2) is 18.2 Å². The molecular weight excluding hydrogens is 361 g/mol. The van der Waals surface area contributed by atoms with E-state index in [0.717, 1.165) is 24.9 Å². The van der Waals surface area contributed by atoms with E-state index in [2.05, 4.69) is 36.0 Å². The van der Waals surface area contributed by atoms with Crippen LogP contribution in [0.4, 0.5) is 4.39 Å². The molecule has 0 radical (unpaired) electrons. The van der Waals surface area contributed by atoms with Gasteiger partial charge in [0.2, 0.25) is 0 Å². The van der Waals surface area contributed by atoms with Gasteiger partial charge in [-0.3, -0.25) is 0 Å². The Bertz CT molecular complexity index is 610. The largest absolute Gasteiger partial charge is 1.00 e. The number of halogens is 2. The van der Waals surface area contributed by atoms with Gasteiger partial charge in [-0.25, -0.2) is 8.96 Å². The van der Waals surface area contributed by atoms with Crippen molar-refractivity contribution in [1.29, 1.82) is 0 Å². The molecule has 1 aromatic carbocycles. The molecule has 0 aliphatic carbocycles. The first-order valence-corrected chi connectivity index (χ1v) is 7.68. The fourth-order valence-corrected chi connectivity index (χ4v) is 2.79. The maximum atomic E-state index is 13.1. The number of aromatic nitrogens is 1. The van der Waals surface area contributed by atoms with Gasteiger partial charge in [0, 0.05) is 30.5 Å². The van der Waals surface area contributed by atoms with Crippen molar-refractivity contribution in [2.45, 2.75) is 32.1 Å². The molecule has 1 aromatic heterocycles. The maximum absolute atomic E-state index is 13.1. The molecule has 0 amide bonds. The van der Waals surface area contributed by atoms with Crippen molar-refractivity contribution in [2.24, 2.45) is 0 Å². The van der Waals surface area contributed by atoms with Crippen LogP contribution in [0.5, 0.6) is 0 Å². The molecular formula is C18H21BrFNO2. The Kier molecular flexibility index (Phi) is 6.27. The quantitative estimate of drug-likeness (QED) is 0.685. The lowest BCUT2D eigenvalue weighted by atomic mass is 10.0. The normalized spacial score (nSPS) is 16.1. The van der Waals surface area contributed by atoms with E-state index in [9.17, 15) is 4.39 Å². The molecule has 2 aromatic rings. The second kappa shape index (κ2) is 7.99. The summed E-state index contributed by atoms with van der Waals surface area (Å²) in [5, 5.41) is 0. The van der Waals surface area contributed by atoms with Gasteiger partial charge in [0.05, 0.1) is 13.2 Å². The van der Waals surface area contributed by atoms with Crippen LogP contribution in [0.3, 0.4) is 0 Å². The highest BCUT2D eigenvalue weighted by Gasteiger charge is 2.38. The average molecular weight is 382 g/mol. The molecule has 2 heterocycles. The maximum Gasteiger partial charge on any atom is 0.195 e. The van der Waals surface area contributed by atoms with Crippen molar-refractivity contribution in [3.8, 4) is 0 Å². The average Bonchev–Trinajstić information content (AvgIpc) is 3.00. The van der Waals surface area contributed by atoms with Crippen molar-refractivity contribution < 1.29 is 35.4 Å². The highest BCUT2D eigenvalue weighted by Crippen LogP contribution is 2.35. The summed E-state index contributed by atoms with van der Waals surface area (Å²) in [5.74, 6) is -0.967. The Morgan fingerprint density at radius 2 is 1.65 bits per heavy atom. The first-order chi connectivity index (χ1) is 10.7. The summed E-state index contributed by atoms with van der Waals surface area (Å²) in [7, 11) is 0. The lowest BCUT2D eigenvalue weighted by molar-refractivity contribution is -0.697. The van der Waals surface area contributed by atoms with Crippen molar-refractivity contribution in [2.75, 3.05) is 13.2 Å². The number of pyridine rings is 1. The van der Waals surface area contributed by atoms with Gasteiger partial charge in [0.1, 0.15) is 12.4 Å². The zero-order chi connectivity index (χ0) is 15.4. The summed E-state index contributed by atoms with van der Waals surface area (Å²) in [6.45, 7) is 4.13. The molecule has 3 nitrogen and oxygen atoms in total. The minimum atomic E-state index is -0.723. The van der Waals surface area contributed by atoms with Crippen LogP contribution in [-0.4, -0.2) is 13.2 Å². The molecule has 0 spiro atoms. The zero-order valence-electron chi connectivity index (χ0n) is 13.2. The van der Waals surface area contributed by atoms with Gasteiger partial charge >= 0.3 is 0 Å². The Morgan fingerprint density at radius 1 is 1.04 bits per heavy atom. The van der Waals surface area contributed by atoms with Crippen LogP contribution in [0.25, 0.3) is 0 Å². The number of rotatable bonds is 5. The van der Waals surface area contributed by atoms with E-state index in [1.165, 1.54) is 17.7 Å². The molecule has 0 saturated carbocycles. The van der Waals surface area contributed by atoms with Gasteiger partial charge in [-0.05, 0) is 24.6 Å². The second-order valence-corrected chi connectivity index (χ2v) is 5.67. The minimum Gasteiger partial charge on any atom is -1.00 e. The van der Waals surface area contributed by atoms with Gasteiger partial charge in [-0.15, -0.1) is 0 Å². The molecule has 1 aliphatic heterocycles. The third-order valence-electron chi connectivity index (χ3n) is 4.02. The summed E-state index contributed by atoms with van der Waals surface area (Å²) in [5.41, 5.74) is 2.14. The third kappa shape index (κ3) is 4.37. The minimum absolute atomic E-state index is 0. The lowest BCUT2D eigenvalue weighted by Crippen LogP contribution is -3.00. The van der Waals surface area contributed by atoms with E-state index >= 15 is 0 Å². The first-order valence-electron chi connectivity index (χ1n) is 7.68. The summed E-state index contributed by atoms with van der Waals surface area (Å²) in [6.07, 6.45) is 5.83. The van der Waals surface area contributed by atoms with Crippen molar-refractivity contribution >= 4 is 0 Å². The highest BCUT2D eigenvalue weighted by molar-refractivity contribution is 5.21. The summed E-state index contributed by atoms with van der Waals surface area (Å²) in [4.78, 5) is 0. The van der Waals surface area contributed by atoms with Crippen LogP contribution in [0.1, 0.15) is 24.0 Å². The van der Waals surface area contributed by atoms with Gasteiger partial charge in [-0.1, -0.05) is 12.1 Å². The molecule has 0 bridgehead atoms. The van der Waals surface area contributed by atoms with Crippen LogP contribution in [0, 0.1) is 12.7 Å². The Morgan fingerprint density at radius 3 is 2.26 bits per heavy atom. The van der Waals surface area contributed by atoms with Gasteiger partial charge in [-0.2, -0.15) is 0 Å². The Hall–Kier alpha value is -1.30. The Labute approximate surface area is 146 Å². The third-order valence-corrected chi connectivity index (χ3v) is 4.02. The number of hydrogen-bond donors (Lipinski definition) is 0. The van der Waals surface area contributed by atoms with Crippen molar-refractivity contribution in [3.05, 3.63) is 65.7 Å². The molecule has 124 valence electrons. The van der Waals surface area contributed by atoms with Gasteiger partial charge in [0.25, 0.3) is 0 Å². The molecule has 23 heavy (non-hydrogen) atoms. The van der Waals surface area contributed by atoms with Crippen molar-refractivity contribution in [3.63, 3.8) is 0 Å².